The van der Waals surface area contributed by atoms with Gasteiger partial charge in [-0.3, -0.25) is 9.59 Å². The Balaban J connectivity index is 1.73. The lowest BCUT2D eigenvalue weighted by Crippen LogP contribution is -2.41. The van der Waals surface area contributed by atoms with Crippen LogP contribution in [0, 0.1) is 5.82 Å². The Morgan fingerprint density at radius 1 is 1.25 bits per heavy atom. The predicted molar refractivity (Wildman–Crippen MR) is 99.3 cm³/mol. The maximum Gasteiger partial charge on any atom is 0.325 e. The molecule has 3 rings (SSSR count). The third kappa shape index (κ3) is 4.41. The number of halogens is 2. The normalized spacial score (nSPS) is 20.2. The molecule has 7 nitrogen and oxygen atoms in total. The fourth-order valence-corrected chi connectivity index (χ4v) is 5.37. The SMILES string of the molecule is O=C(COC(=O)[C@H]1C[C@@H](O)CN1S(=O)(=O)c1ccc(F)cc1)c1ccc(Cl)s1. The summed E-state index contributed by atoms with van der Waals surface area (Å²) in [6, 6.07) is 5.85. The van der Waals surface area contributed by atoms with Crippen LogP contribution >= 0.6 is 22.9 Å². The van der Waals surface area contributed by atoms with Crippen molar-refractivity contribution in [2.24, 2.45) is 0 Å². The van der Waals surface area contributed by atoms with Crippen LogP contribution in [0.4, 0.5) is 4.39 Å². The standard InChI is InChI=1S/C17H15ClFNO6S2/c18-16-6-5-15(27-16)14(22)9-26-17(23)13-7-11(21)8-20(13)28(24,25)12-3-1-10(19)2-4-12/h1-6,11,13,21H,7-9H2/t11-,13-/m1/s1. The molecule has 0 saturated carbocycles. The zero-order valence-corrected chi connectivity index (χ0v) is 16.6. The average Bonchev–Trinajstić information content (AvgIpc) is 3.26. The molecule has 0 spiro atoms. The lowest BCUT2D eigenvalue weighted by Gasteiger charge is -2.22. The minimum Gasteiger partial charge on any atom is -0.456 e. The van der Waals surface area contributed by atoms with Crippen molar-refractivity contribution >= 4 is 44.7 Å². The second-order valence-corrected chi connectivity index (χ2v) is 9.67. The van der Waals surface area contributed by atoms with E-state index in [1.807, 2.05) is 0 Å². The maximum atomic E-state index is 13.1. The van der Waals surface area contributed by atoms with E-state index in [1.165, 1.54) is 12.1 Å². The molecule has 1 aliphatic heterocycles. The van der Waals surface area contributed by atoms with Gasteiger partial charge in [-0.25, -0.2) is 12.8 Å². The number of Topliss-reactive ketones (excluding diaryl/α,β-unsaturated/α-hetero) is 1. The van der Waals surface area contributed by atoms with Crippen LogP contribution in [0.2, 0.25) is 4.34 Å². The first-order valence-electron chi connectivity index (χ1n) is 8.09. The van der Waals surface area contributed by atoms with Gasteiger partial charge in [-0.1, -0.05) is 11.6 Å². The summed E-state index contributed by atoms with van der Waals surface area (Å²) >= 11 is 6.79. The number of hydrogen-bond donors (Lipinski definition) is 1. The summed E-state index contributed by atoms with van der Waals surface area (Å²) in [5, 5.41) is 9.88. The van der Waals surface area contributed by atoms with Crippen LogP contribution in [0.3, 0.4) is 0 Å². The molecule has 0 radical (unpaired) electrons. The van der Waals surface area contributed by atoms with Crippen LogP contribution < -0.4 is 0 Å². The molecular formula is C17H15ClFNO6S2. The lowest BCUT2D eigenvalue weighted by atomic mass is 10.2. The Hall–Kier alpha value is -1.85. The number of nitrogens with zero attached hydrogens (tertiary/aromatic N) is 1. The Kier molecular flexibility index (Phi) is 6.15. The quantitative estimate of drug-likeness (QED) is 0.537. The van der Waals surface area contributed by atoms with Crippen LogP contribution in [0.1, 0.15) is 16.1 Å². The van der Waals surface area contributed by atoms with E-state index in [0.29, 0.717) is 9.21 Å². The smallest absolute Gasteiger partial charge is 0.325 e. The molecule has 1 aliphatic rings. The molecule has 0 bridgehead atoms. The van der Waals surface area contributed by atoms with Crippen molar-refractivity contribution < 1.29 is 32.2 Å². The molecule has 28 heavy (non-hydrogen) atoms. The second-order valence-electron chi connectivity index (χ2n) is 6.07. The van der Waals surface area contributed by atoms with Gasteiger partial charge in [-0.05, 0) is 36.4 Å². The highest BCUT2D eigenvalue weighted by atomic mass is 35.5. The first-order valence-corrected chi connectivity index (χ1v) is 10.7. The van der Waals surface area contributed by atoms with Gasteiger partial charge in [0, 0.05) is 13.0 Å². The molecule has 11 heteroatoms. The van der Waals surface area contributed by atoms with E-state index >= 15 is 0 Å². The van der Waals surface area contributed by atoms with Crippen molar-refractivity contribution in [3.8, 4) is 0 Å². The van der Waals surface area contributed by atoms with Crippen molar-refractivity contribution in [2.45, 2.75) is 23.5 Å². The summed E-state index contributed by atoms with van der Waals surface area (Å²) < 4.78 is 44.8. The predicted octanol–water partition coefficient (Wildman–Crippen LogP) is 2.09. The van der Waals surface area contributed by atoms with Crippen LogP contribution in [0.5, 0.6) is 0 Å². The molecule has 150 valence electrons. The van der Waals surface area contributed by atoms with Crippen LogP contribution in [0.25, 0.3) is 0 Å². The third-order valence-corrected chi connectivity index (χ3v) is 7.28. The molecule has 1 saturated heterocycles. The van der Waals surface area contributed by atoms with Gasteiger partial charge in [0.05, 0.1) is 20.2 Å². The van der Waals surface area contributed by atoms with Crippen LogP contribution in [-0.2, 0) is 19.6 Å². The molecule has 0 amide bonds. The van der Waals surface area contributed by atoms with E-state index in [2.05, 4.69) is 0 Å². The van der Waals surface area contributed by atoms with Crippen LogP contribution in [0.15, 0.2) is 41.3 Å². The fraction of sp³-hybridized carbons (Fsp3) is 0.294. The molecular weight excluding hydrogens is 433 g/mol. The van der Waals surface area contributed by atoms with Crippen molar-refractivity contribution in [2.75, 3.05) is 13.2 Å². The first-order chi connectivity index (χ1) is 13.2. The molecule has 0 unspecified atom stereocenters. The number of benzene rings is 1. The molecule has 1 fully saturated rings. The highest BCUT2D eigenvalue weighted by Gasteiger charge is 2.44. The van der Waals surface area contributed by atoms with E-state index in [0.717, 1.165) is 39.9 Å². The van der Waals surface area contributed by atoms with Gasteiger partial charge in [-0.15, -0.1) is 11.3 Å². The largest absolute Gasteiger partial charge is 0.456 e. The van der Waals surface area contributed by atoms with Crippen molar-refractivity contribution in [1.29, 1.82) is 0 Å². The number of sulfonamides is 1. The minimum absolute atomic E-state index is 0.168. The maximum absolute atomic E-state index is 13.1. The Morgan fingerprint density at radius 3 is 2.54 bits per heavy atom. The number of aliphatic hydroxyl groups is 1. The average molecular weight is 448 g/mol. The van der Waals surface area contributed by atoms with Gasteiger partial charge in [0.2, 0.25) is 15.8 Å². The third-order valence-electron chi connectivity index (χ3n) is 4.12. The number of carbonyl (C=O) groups is 2. The zero-order chi connectivity index (χ0) is 20.5. The van der Waals surface area contributed by atoms with E-state index in [9.17, 15) is 27.5 Å². The molecule has 1 aromatic carbocycles. The number of aliphatic hydroxyl groups excluding tert-OH is 1. The van der Waals surface area contributed by atoms with Gasteiger partial charge in [0.15, 0.2) is 6.61 Å². The van der Waals surface area contributed by atoms with Crippen molar-refractivity contribution in [1.82, 2.24) is 4.31 Å². The van der Waals surface area contributed by atoms with Gasteiger partial charge >= 0.3 is 5.97 Å². The molecule has 0 aliphatic carbocycles. The topological polar surface area (TPSA) is 101 Å². The lowest BCUT2D eigenvalue weighted by molar-refractivity contribution is -0.146. The van der Waals surface area contributed by atoms with E-state index in [4.69, 9.17) is 16.3 Å². The van der Waals surface area contributed by atoms with Crippen LogP contribution in [-0.4, -0.2) is 54.9 Å². The molecule has 1 aromatic heterocycles. The van der Waals surface area contributed by atoms with Gasteiger partial charge in [0.25, 0.3) is 0 Å². The summed E-state index contributed by atoms with van der Waals surface area (Å²) in [4.78, 5) is 24.5. The number of ether oxygens (including phenoxy) is 1. The van der Waals surface area contributed by atoms with E-state index < -0.39 is 46.3 Å². The highest BCUT2D eigenvalue weighted by Crippen LogP contribution is 2.28. The number of rotatable bonds is 6. The van der Waals surface area contributed by atoms with Crippen molar-refractivity contribution in [3.63, 3.8) is 0 Å². The number of carbonyl (C=O) groups excluding carboxylic acids is 2. The minimum atomic E-state index is -4.16. The zero-order valence-electron chi connectivity index (χ0n) is 14.2. The molecule has 2 atom stereocenters. The number of β-amino-alcohol motifs (C(OH)–C–C–N with tert-alkyl or cyclic N) is 1. The summed E-state index contributed by atoms with van der Waals surface area (Å²) in [5.74, 6) is -2.03. The molecule has 2 aromatic rings. The molecule has 2 heterocycles. The number of ketones is 1. The van der Waals surface area contributed by atoms with Gasteiger partial charge < -0.3 is 9.84 Å². The van der Waals surface area contributed by atoms with Crippen molar-refractivity contribution in [3.05, 3.63) is 51.4 Å². The summed E-state index contributed by atoms with van der Waals surface area (Å²) in [6.45, 7) is -0.888. The van der Waals surface area contributed by atoms with Gasteiger partial charge in [-0.2, -0.15) is 4.31 Å². The van der Waals surface area contributed by atoms with Gasteiger partial charge in [0.1, 0.15) is 11.9 Å². The fourth-order valence-electron chi connectivity index (χ4n) is 2.77. The Labute approximate surface area is 169 Å². The number of thiophene rings is 1. The van der Waals surface area contributed by atoms with E-state index in [1.54, 1.807) is 0 Å². The Bertz CT molecular complexity index is 991. The first kappa shape index (κ1) is 20.9. The summed E-state index contributed by atoms with van der Waals surface area (Å²) in [6.07, 6.45) is -1.24. The Morgan fingerprint density at radius 2 is 1.93 bits per heavy atom. The van der Waals surface area contributed by atoms with E-state index in [-0.39, 0.29) is 17.9 Å². The summed E-state index contributed by atoms with van der Waals surface area (Å²) in [5.41, 5.74) is 0. The second kappa shape index (κ2) is 8.26. The highest BCUT2D eigenvalue weighted by molar-refractivity contribution is 7.89. The number of esters is 1. The molecule has 1 N–H and O–H groups in total. The monoisotopic (exact) mass is 447 g/mol. The number of hydrogen-bond acceptors (Lipinski definition) is 7. The summed E-state index contributed by atoms with van der Waals surface area (Å²) in [7, 11) is -4.16.